The summed E-state index contributed by atoms with van der Waals surface area (Å²) in [5.41, 5.74) is 0.0143. The first-order chi connectivity index (χ1) is 15.1. The third-order valence-electron chi connectivity index (χ3n) is 6.25. The molecule has 2 fully saturated rings. The lowest BCUT2D eigenvalue weighted by Crippen LogP contribution is -2.38. The first kappa shape index (κ1) is 23.1. The van der Waals surface area contributed by atoms with Crippen LogP contribution in [-0.4, -0.2) is 45.1 Å². The van der Waals surface area contributed by atoms with Crippen LogP contribution in [-0.2, 0) is 9.05 Å². The Balaban J connectivity index is 1.92. The molecular weight excluding hydrogens is 431 g/mol. The molecule has 2 aliphatic rings. The van der Waals surface area contributed by atoms with Gasteiger partial charge in [0, 0.05) is 31.3 Å². The summed E-state index contributed by atoms with van der Waals surface area (Å²) in [6.45, 7) is 18.1. The summed E-state index contributed by atoms with van der Waals surface area (Å²) < 4.78 is 26.4. The van der Waals surface area contributed by atoms with Gasteiger partial charge in [-0.1, -0.05) is 6.42 Å². The molecule has 1 N–H and O–H groups in total. The second-order valence-corrected chi connectivity index (χ2v) is 10.9. The van der Waals surface area contributed by atoms with Crippen LogP contribution in [0.2, 0.25) is 0 Å². The Morgan fingerprint density at radius 2 is 2.19 bits per heavy atom. The van der Waals surface area contributed by atoms with Crippen molar-refractivity contribution in [3.8, 4) is 0 Å². The van der Waals surface area contributed by atoms with Crippen molar-refractivity contribution in [3.63, 3.8) is 0 Å². The topological polar surface area (TPSA) is 63.9 Å². The van der Waals surface area contributed by atoms with E-state index >= 15 is 0 Å². The fourth-order valence-electron chi connectivity index (χ4n) is 4.92. The number of rotatable bonds is 9. The smallest absolute Gasteiger partial charge is 0.260 e. The number of fused-ring (bicyclic) bond motifs is 1. The molecule has 0 bridgehead atoms. The number of nitrogens with zero attached hydrogens (tertiary/aromatic N) is 3. The quantitative estimate of drug-likeness (QED) is 0.228. The zero-order valence-corrected chi connectivity index (χ0v) is 20.8. The van der Waals surface area contributed by atoms with Gasteiger partial charge < -0.3 is 18.5 Å². The molecule has 2 saturated carbocycles. The van der Waals surface area contributed by atoms with Crippen LogP contribution in [0.25, 0.3) is 4.85 Å². The van der Waals surface area contributed by atoms with Gasteiger partial charge in [-0.3, -0.25) is 9.78 Å². The van der Waals surface area contributed by atoms with Crippen molar-refractivity contribution in [1.82, 2.24) is 14.2 Å². The predicted molar refractivity (Wildman–Crippen MR) is 127 cm³/mol. The summed E-state index contributed by atoms with van der Waals surface area (Å²) in [5.74, 6) is 0.0808. The highest BCUT2D eigenvalue weighted by Gasteiger charge is 2.54. The van der Waals surface area contributed by atoms with E-state index in [0.717, 1.165) is 25.7 Å². The van der Waals surface area contributed by atoms with Crippen LogP contribution >= 0.6 is 20.7 Å². The van der Waals surface area contributed by atoms with Crippen molar-refractivity contribution in [2.24, 2.45) is 5.92 Å². The summed E-state index contributed by atoms with van der Waals surface area (Å²) in [6.07, 6.45) is 4.80. The maximum Gasteiger partial charge on any atom is 0.260 e. The molecule has 1 aromatic rings. The molecule has 172 valence electrons. The number of hydrogen-bond donors (Lipinski definition) is 1. The normalized spacial score (nSPS) is 29.4. The molecule has 0 spiro atoms. The van der Waals surface area contributed by atoms with Crippen molar-refractivity contribution >= 4 is 20.7 Å². The maximum atomic E-state index is 12.0. The first-order valence-corrected chi connectivity index (χ1v) is 12.6. The van der Waals surface area contributed by atoms with Crippen LogP contribution in [0.4, 0.5) is 0 Å². The van der Waals surface area contributed by atoms with Crippen molar-refractivity contribution in [3.05, 3.63) is 38.3 Å². The molecule has 5 atom stereocenters. The number of aromatic nitrogens is 2. The molecule has 7 nitrogen and oxygen atoms in total. The summed E-state index contributed by atoms with van der Waals surface area (Å²) in [7, 11) is -1.38. The van der Waals surface area contributed by atoms with E-state index in [1.165, 1.54) is 0 Å². The molecule has 0 aromatic carbocycles. The summed E-state index contributed by atoms with van der Waals surface area (Å²) in [6, 6.07) is 0.525. The Bertz CT molecular complexity index is 954. The van der Waals surface area contributed by atoms with Crippen molar-refractivity contribution in [2.45, 2.75) is 90.4 Å². The molecule has 1 unspecified atom stereocenters. The van der Waals surface area contributed by atoms with Gasteiger partial charge in [-0.05, 0) is 78.4 Å². The van der Waals surface area contributed by atoms with Crippen LogP contribution in [0.5, 0.6) is 0 Å². The minimum Gasteiger partial charge on any atom is -0.322 e. The molecule has 0 saturated heterocycles. The first-order valence-electron chi connectivity index (χ1n) is 11.6. The third-order valence-corrected chi connectivity index (χ3v) is 8.79. The molecule has 2 aliphatic carbocycles. The molecular formula is C22H35N4O3PS. The lowest BCUT2D eigenvalue weighted by atomic mass is 9.95. The number of H-pyrrole nitrogens is 1. The van der Waals surface area contributed by atoms with Crippen LogP contribution in [0, 0.1) is 24.2 Å². The van der Waals surface area contributed by atoms with E-state index in [0.29, 0.717) is 23.5 Å². The number of aryl methyl sites for hydroxylation is 1. The maximum absolute atomic E-state index is 12.0. The average Bonchev–Trinajstić information content (AvgIpc) is 3.21. The van der Waals surface area contributed by atoms with E-state index < -0.39 is 14.1 Å². The minimum atomic E-state index is -1.38. The summed E-state index contributed by atoms with van der Waals surface area (Å²) in [5, 5.41) is 0. The van der Waals surface area contributed by atoms with E-state index in [2.05, 4.69) is 42.2 Å². The van der Waals surface area contributed by atoms with Crippen LogP contribution in [0.3, 0.4) is 0 Å². The van der Waals surface area contributed by atoms with E-state index in [1.807, 2.05) is 10.8 Å². The van der Waals surface area contributed by atoms with Gasteiger partial charge in [0.1, 0.15) is 6.61 Å². The molecule has 31 heavy (non-hydrogen) atoms. The zero-order chi connectivity index (χ0) is 23.6. The van der Waals surface area contributed by atoms with Gasteiger partial charge in [0.15, 0.2) is 4.77 Å². The predicted octanol–water partition coefficient (Wildman–Crippen LogP) is 5.39. The highest BCUT2D eigenvalue weighted by atomic mass is 32.1. The van der Waals surface area contributed by atoms with Crippen LogP contribution in [0.15, 0.2) is 11.0 Å². The van der Waals surface area contributed by atoms with E-state index in [1.54, 1.807) is 6.92 Å². The molecule has 0 aliphatic heterocycles. The Kier molecular flexibility index (Phi) is 7.61. The minimum absolute atomic E-state index is 0.0721. The van der Waals surface area contributed by atoms with E-state index in [4.69, 9.17) is 29.2 Å². The summed E-state index contributed by atoms with van der Waals surface area (Å²) >= 11 is 5.46. The molecule has 1 heterocycles. The highest BCUT2D eigenvalue weighted by Crippen LogP contribution is 2.61. The molecule has 3 rings (SSSR count). The fourth-order valence-corrected chi connectivity index (χ4v) is 7.10. The van der Waals surface area contributed by atoms with E-state index in [9.17, 15) is 4.79 Å². The monoisotopic (exact) mass is 467 g/mol. The third kappa shape index (κ3) is 5.29. The standard InChI is InChI=1S/C22H35N4O3PS/c1-15(2)26(16(3)4)30(28-11-10-23-6)29-22-9-7-8-18(22)12-19(13-22)25-14-17(5)20(27)24-21(25)31/h14-16,18-19H,7-13H2,1-5H3,(H,24,27,31)/t18-,19+,22-,30?/m0/s1/i8D/t8-,18-,19+,22-,30?. The number of hydrogen-bond acceptors (Lipinski definition) is 5. The second-order valence-electron chi connectivity index (χ2n) is 9.13. The lowest BCUT2D eigenvalue weighted by Gasteiger charge is -2.41. The van der Waals surface area contributed by atoms with Crippen LogP contribution in [0.1, 0.15) is 72.8 Å². The average molecular weight is 468 g/mol. The van der Waals surface area contributed by atoms with Gasteiger partial charge in [0.2, 0.25) is 6.54 Å². The Hall–Kier alpha value is -1.10. The van der Waals surface area contributed by atoms with Gasteiger partial charge >= 0.3 is 0 Å². The Morgan fingerprint density at radius 1 is 1.48 bits per heavy atom. The second kappa shape index (κ2) is 10.2. The summed E-state index contributed by atoms with van der Waals surface area (Å²) in [4.78, 5) is 18.2. The van der Waals surface area contributed by atoms with E-state index in [-0.39, 0.29) is 36.0 Å². The van der Waals surface area contributed by atoms with Gasteiger partial charge in [-0.15, -0.1) is 0 Å². The van der Waals surface area contributed by atoms with Gasteiger partial charge in [-0.2, -0.15) is 0 Å². The zero-order valence-electron chi connectivity index (χ0n) is 20.1. The molecule has 1 aromatic heterocycles. The van der Waals surface area contributed by atoms with Gasteiger partial charge in [0.25, 0.3) is 14.1 Å². The van der Waals surface area contributed by atoms with Crippen molar-refractivity contribution in [1.29, 1.82) is 0 Å². The fraction of sp³-hybridized carbons (Fsp3) is 0.773. The molecule has 0 radical (unpaired) electrons. The van der Waals surface area contributed by atoms with Gasteiger partial charge in [0.05, 0.1) is 5.60 Å². The molecule has 9 heteroatoms. The molecule has 0 amide bonds. The van der Waals surface area contributed by atoms with Gasteiger partial charge in [-0.25, -0.2) is 11.2 Å². The Labute approximate surface area is 193 Å². The Morgan fingerprint density at radius 3 is 2.84 bits per heavy atom. The highest BCUT2D eigenvalue weighted by molar-refractivity contribution is 7.71. The number of nitrogens with one attached hydrogen (secondary N) is 1. The lowest BCUT2D eigenvalue weighted by molar-refractivity contribution is 0.0264. The van der Waals surface area contributed by atoms with Crippen molar-refractivity contribution in [2.75, 3.05) is 13.2 Å². The van der Waals surface area contributed by atoms with Crippen molar-refractivity contribution < 1.29 is 10.4 Å². The SMILES string of the molecule is [2H][C@H]1CC[C@]2(OP(OCC[N+]#[C-])N(C(C)C)C(C)C)C[C@H](n3cc(C)c(=O)[nH]c3=S)C[C@H]12. The largest absolute Gasteiger partial charge is 0.322 e. The number of aromatic amines is 1. The van der Waals surface area contributed by atoms with Crippen LogP contribution < -0.4 is 5.56 Å².